The first-order chi connectivity index (χ1) is 17.5. The lowest BCUT2D eigenvalue weighted by molar-refractivity contribution is -0.114. The number of anilines is 4. The predicted molar refractivity (Wildman–Crippen MR) is 142 cm³/mol. The Morgan fingerprint density at radius 2 is 1.97 bits per heavy atom. The standard InChI is InChI=1S/C27H32N6O3/c1-5-23(34)32-14-13-31(21-8-6-7-17(2)24(21)32)22-15-18-16-29-27(28-3)30-25(18)33(26(22)35)19-9-11-20(36-4)12-10-19/h5-8,15-16,19-20H,1,9-14H2,2-4H3,(H,28,29,30). The molecule has 0 saturated heterocycles. The van der Waals surface area contributed by atoms with Crippen LogP contribution < -0.4 is 20.7 Å². The zero-order chi connectivity index (χ0) is 25.4. The SMILES string of the molecule is C=CC(=O)N1CCN(c2cc3cnc(NC)nc3n(C3CCC(OC)CC3)c2=O)c2cccc(C)c21. The van der Waals surface area contributed by atoms with Crippen LogP contribution in [-0.2, 0) is 9.53 Å². The van der Waals surface area contributed by atoms with Crippen molar-refractivity contribution in [3.05, 3.63) is 59.0 Å². The number of nitrogens with one attached hydrogen (secondary N) is 1. The van der Waals surface area contributed by atoms with Crippen molar-refractivity contribution < 1.29 is 9.53 Å². The van der Waals surface area contributed by atoms with E-state index >= 15 is 0 Å². The van der Waals surface area contributed by atoms with E-state index in [4.69, 9.17) is 4.74 Å². The summed E-state index contributed by atoms with van der Waals surface area (Å²) in [4.78, 5) is 39.7. The highest BCUT2D eigenvalue weighted by molar-refractivity contribution is 6.05. The van der Waals surface area contributed by atoms with Crippen molar-refractivity contribution in [3.63, 3.8) is 0 Å². The molecule has 3 heterocycles. The minimum atomic E-state index is -0.149. The highest BCUT2D eigenvalue weighted by atomic mass is 16.5. The van der Waals surface area contributed by atoms with Crippen LogP contribution in [0.3, 0.4) is 0 Å². The molecule has 9 nitrogen and oxygen atoms in total. The minimum Gasteiger partial charge on any atom is -0.381 e. The first-order valence-corrected chi connectivity index (χ1v) is 12.4. The smallest absolute Gasteiger partial charge is 0.276 e. The number of ether oxygens (including phenoxy) is 1. The lowest BCUT2D eigenvalue weighted by Crippen LogP contribution is -2.44. The third kappa shape index (κ3) is 4.03. The van der Waals surface area contributed by atoms with Crippen LogP contribution in [0.4, 0.5) is 23.0 Å². The maximum Gasteiger partial charge on any atom is 0.276 e. The summed E-state index contributed by atoms with van der Waals surface area (Å²) in [7, 11) is 3.51. The Balaban J connectivity index is 1.68. The van der Waals surface area contributed by atoms with Crippen LogP contribution in [0.2, 0.25) is 0 Å². The van der Waals surface area contributed by atoms with Gasteiger partial charge in [-0.1, -0.05) is 18.7 Å². The summed E-state index contributed by atoms with van der Waals surface area (Å²) in [5.41, 5.74) is 3.72. The van der Waals surface area contributed by atoms with Crippen LogP contribution in [0.5, 0.6) is 0 Å². The van der Waals surface area contributed by atoms with Gasteiger partial charge in [-0.05, 0) is 56.4 Å². The number of aromatic nitrogens is 3. The molecule has 1 amide bonds. The summed E-state index contributed by atoms with van der Waals surface area (Å²) in [6, 6.07) is 7.80. The summed E-state index contributed by atoms with van der Waals surface area (Å²) in [5, 5.41) is 3.79. The van der Waals surface area contributed by atoms with Gasteiger partial charge >= 0.3 is 0 Å². The van der Waals surface area contributed by atoms with Gasteiger partial charge in [0.25, 0.3) is 11.5 Å². The van der Waals surface area contributed by atoms with E-state index in [0.29, 0.717) is 30.4 Å². The Bertz CT molecular complexity index is 1380. The van der Waals surface area contributed by atoms with E-state index < -0.39 is 0 Å². The third-order valence-corrected chi connectivity index (χ3v) is 7.38. The van der Waals surface area contributed by atoms with E-state index in [1.54, 1.807) is 25.3 Å². The van der Waals surface area contributed by atoms with Crippen molar-refractivity contribution in [2.45, 2.75) is 44.8 Å². The Labute approximate surface area is 210 Å². The van der Waals surface area contributed by atoms with Gasteiger partial charge in [0.15, 0.2) is 0 Å². The number of methoxy groups -OCH3 is 1. The minimum absolute atomic E-state index is 0.0200. The lowest BCUT2D eigenvalue weighted by Gasteiger charge is -2.38. The molecule has 2 aromatic heterocycles. The summed E-state index contributed by atoms with van der Waals surface area (Å²) in [5.74, 6) is 0.329. The number of nitrogens with zero attached hydrogens (tertiary/aromatic N) is 5. The molecule has 1 aliphatic carbocycles. The van der Waals surface area contributed by atoms with Crippen LogP contribution in [0.15, 0.2) is 47.9 Å². The number of pyridine rings is 1. The Morgan fingerprint density at radius 3 is 2.67 bits per heavy atom. The maximum absolute atomic E-state index is 14.2. The molecule has 0 unspecified atom stereocenters. The number of rotatable bonds is 5. The molecule has 1 N–H and O–H groups in total. The van der Waals surface area contributed by atoms with Gasteiger partial charge in [0.05, 0.1) is 17.5 Å². The number of fused-ring (bicyclic) bond motifs is 2. The fourth-order valence-electron chi connectivity index (χ4n) is 5.52. The van der Waals surface area contributed by atoms with Gasteiger partial charge in [-0.2, -0.15) is 4.98 Å². The average Bonchev–Trinajstić information content (AvgIpc) is 2.92. The molecule has 1 fully saturated rings. The topological polar surface area (TPSA) is 92.6 Å². The molecule has 9 heteroatoms. The van der Waals surface area contributed by atoms with Crippen molar-refractivity contribution in [3.8, 4) is 0 Å². The van der Waals surface area contributed by atoms with Gasteiger partial charge in [-0.25, -0.2) is 4.98 Å². The Kier molecular flexibility index (Phi) is 6.49. The van der Waals surface area contributed by atoms with Crippen LogP contribution >= 0.6 is 0 Å². The molecule has 0 radical (unpaired) electrons. The van der Waals surface area contributed by atoms with Gasteiger partial charge in [-0.15, -0.1) is 0 Å². The second-order valence-corrected chi connectivity index (χ2v) is 9.38. The summed E-state index contributed by atoms with van der Waals surface area (Å²) < 4.78 is 7.42. The first-order valence-electron chi connectivity index (χ1n) is 12.4. The van der Waals surface area contributed by atoms with Crippen molar-refractivity contribution in [1.29, 1.82) is 0 Å². The molecule has 188 valence electrons. The van der Waals surface area contributed by atoms with Crippen LogP contribution in [0.1, 0.15) is 37.3 Å². The third-order valence-electron chi connectivity index (χ3n) is 7.38. The van der Waals surface area contributed by atoms with Crippen molar-refractivity contribution in [2.24, 2.45) is 0 Å². The largest absolute Gasteiger partial charge is 0.381 e. The summed E-state index contributed by atoms with van der Waals surface area (Å²) in [6.45, 7) is 6.59. The van der Waals surface area contributed by atoms with Crippen molar-refractivity contribution in [1.82, 2.24) is 14.5 Å². The molecule has 3 aromatic rings. The average molecular weight is 489 g/mol. The quantitative estimate of drug-likeness (QED) is 0.544. The Morgan fingerprint density at radius 1 is 1.19 bits per heavy atom. The molecule has 0 atom stereocenters. The van der Waals surface area contributed by atoms with E-state index in [1.807, 2.05) is 40.7 Å². The van der Waals surface area contributed by atoms with Gasteiger partial charge in [0, 0.05) is 44.9 Å². The predicted octanol–water partition coefficient (Wildman–Crippen LogP) is 3.94. The highest BCUT2D eigenvalue weighted by Crippen LogP contribution is 2.40. The number of carbonyl (C=O) groups excluding carboxylic acids is 1. The normalized spacial score (nSPS) is 19.8. The number of hydrogen-bond acceptors (Lipinski definition) is 7. The number of hydrogen-bond donors (Lipinski definition) is 1. The molecule has 5 rings (SSSR count). The molecule has 1 aliphatic heterocycles. The second-order valence-electron chi connectivity index (χ2n) is 9.38. The zero-order valence-electron chi connectivity index (χ0n) is 21.0. The van der Waals surface area contributed by atoms with Crippen molar-refractivity contribution in [2.75, 3.05) is 42.4 Å². The molecule has 0 bridgehead atoms. The molecule has 1 saturated carbocycles. The molecule has 2 aliphatic rings. The summed E-state index contributed by atoms with van der Waals surface area (Å²) in [6.07, 6.45) is 6.80. The lowest BCUT2D eigenvalue weighted by atomic mass is 9.92. The second kappa shape index (κ2) is 9.73. The maximum atomic E-state index is 14.2. The van der Waals surface area contributed by atoms with Gasteiger partial charge in [0.2, 0.25) is 5.95 Å². The number of para-hydroxylation sites is 1. The van der Waals surface area contributed by atoms with Gasteiger partial charge in [-0.3, -0.25) is 14.2 Å². The zero-order valence-corrected chi connectivity index (χ0v) is 21.0. The van der Waals surface area contributed by atoms with Crippen LogP contribution in [0, 0.1) is 6.92 Å². The monoisotopic (exact) mass is 488 g/mol. The van der Waals surface area contributed by atoms with E-state index in [9.17, 15) is 9.59 Å². The van der Waals surface area contributed by atoms with Crippen LogP contribution in [-0.4, -0.2) is 53.8 Å². The number of amides is 1. The molecular formula is C27H32N6O3. The molecule has 36 heavy (non-hydrogen) atoms. The number of carbonyl (C=O) groups is 1. The fraction of sp³-hybridized carbons (Fsp3) is 0.407. The first kappa shape index (κ1) is 24.0. The Hall–Kier alpha value is -3.72. The van der Waals surface area contributed by atoms with E-state index in [-0.39, 0.29) is 23.6 Å². The fourth-order valence-corrected chi connectivity index (χ4v) is 5.52. The summed E-state index contributed by atoms with van der Waals surface area (Å²) >= 11 is 0. The highest BCUT2D eigenvalue weighted by Gasteiger charge is 2.31. The van der Waals surface area contributed by atoms with Gasteiger partial charge < -0.3 is 19.9 Å². The number of benzene rings is 1. The molecular weight excluding hydrogens is 456 g/mol. The molecule has 1 aromatic carbocycles. The van der Waals surface area contributed by atoms with Crippen LogP contribution in [0.25, 0.3) is 11.0 Å². The number of aryl methyl sites for hydroxylation is 1. The van der Waals surface area contributed by atoms with Crippen molar-refractivity contribution >= 4 is 40.0 Å². The van der Waals surface area contributed by atoms with E-state index in [0.717, 1.165) is 48.0 Å². The van der Waals surface area contributed by atoms with Gasteiger partial charge in [0.1, 0.15) is 11.3 Å². The van der Waals surface area contributed by atoms with E-state index in [2.05, 4.69) is 21.9 Å². The van der Waals surface area contributed by atoms with E-state index in [1.165, 1.54) is 6.08 Å². The molecule has 0 spiro atoms.